The van der Waals surface area contributed by atoms with Gasteiger partial charge in [0.05, 0.1) is 5.92 Å². The van der Waals surface area contributed by atoms with Gasteiger partial charge < -0.3 is 10.2 Å². The Morgan fingerprint density at radius 3 is 2.59 bits per heavy atom. The van der Waals surface area contributed by atoms with Crippen molar-refractivity contribution in [2.24, 2.45) is 0 Å². The number of hydrogen-bond donors (Lipinski definition) is 2. The lowest BCUT2D eigenvalue weighted by Gasteiger charge is -2.34. The minimum absolute atomic E-state index is 0.0730. The maximum absolute atomic E-state index is 13.2. The van der Waals surface area contributed by atoms with Crippen molar-refractivity contribution in [3.05, 3.63) is 48.2 Å². The van der Waals surface area contributed by atoms with E-state index in [0.29, 0.717) is 11.4 Å². The van der Waals surface area contributed by atoms with Gasteiger partial charge in [-0.05, 0) is 42.7 Å². The van der Waals surface area contributed by atoms with Gasteiger partial charge in [0.2, 0.25) is 5.91 Å². The molecule has 1 aromatic carbocycles. The van der Waals surface area contributed by atoms with E-state index in [9.17, 15) is 15.0 Å². The van der Waals surface area contributed by atoms with Gasteiger partial charge >= 0.3 is 0 Å². The monoisotopic (exact) mass is 364 g/mol. The number of phenols is 2. The molecule has 1 unspecified atom stereocenters. The van der Waals surface area contributed by atoms with Crippen molar-refractivity contribution in [1.82, 2.24) is 4.98 Å². The Labute approximate surface area is 159 Å². The highest BCUT2D eigenvalue weighted by atomic mass is 16.3. The number of carbonyl (C=O) groups is 1. The molecular formula is C22H24N2O3. The molecule has 0 saturated heterocycles. The van der Waals surface area contributed by atoms with Crippen molar-refractivity contribution in [2.75, 3.05) is 4.90 Å². The number of carbonyl (C=O) groups excluding carboxylic acids is 1. The Balaban J connectivity index is 1.84. The minimum atomic E-state index is -0.487. The third-order valence-corrected chi connectivity index (χ3v) is 5.09. The van der Waals surface area contributed by atoms with Crippen LogP contribution >= 0.6 is 0 Å². The molecule has 0 aliphatic heterocycles. The number of rotatable bonds is 5. The van der Waals surface area contributed by atoms with Crippen LogP contribution in [0.2, 0.25) is 0 Å². The van der Waals surface area contributed by atoms with Gasteiger partial charge in [-0.25, -0.2) is 4.98 Å². The van der Waals surface area contributed by atoms with Crippen LogP contribution in [0.15, 0.2) is 42.6 Å². The quantitative estimate of drug-likeness (QED) is 0.622. The molecular weight excluding hydrogens is 340 g/mol. The van der Waals surface area contributed by atoms with E-state index < -0.39 is 5.92 Å². The molecule has 1 fully saturated rings. The molecule has 140 valence electrons. The van der Waals surface area contributed by atoms with Crippen molar-refractivity contribution < 1.29 is 15.0 Å². The number of amides is 1. The maximum Gasteiger partial charge on any atom is 0.229 e. The molecule has 2 N–H and O–H groups in total. The molecule has 2 aromatic rings. The fraction of sp³-hybridized carbons (Fsp3) is 0.364. The summed E-state index contributed by atoms with van der Waals surface area (Å²) in [4.78, 5) is 19.4. The van der Waals surface area contributed by atoms with Gasteiger partial charge in [0, 0.05) is 18.7 Å². The van der Waals surface area contributed by atoms with E-state index in [2.05, 4.69) is 10.9 Å². The summed E-state index contributed by atoms with van der Waals surface area (Å²) >= 11 is 0. The summed E-state index contributed by atoms with van der Waals surface area (Å²) in [5, 5.41) is 19.2. The normalized spacial score (nSPS) is 15.7. The van der Waals surface area contributed by atoms with E-state index in [-0.39, 0.29) is 29.9 Å². The van der Waals surface area contributed by atoms with Crippen LogP contribution < -0.4 is 4.90 Å². The summed E-state index contributed by atoms with van der Waals surface area (Å²) in [7, 11) is 0. The Hall–Kier alpha value is -3.00. The molecule has 1 heterocycles. The van der Waals surface area contributed by atoms with E-state index in [1.807, 2.05) is 18.2 Å². The highest BCUT2D eigenvalue weighted by molar-refractivity contribution is 5.93. The van der Waals surface area contributed by atoms with Gasteiger partial charge in [0.25, 0.3) is 0 Å². The van der Waals surface area contributed by atoms with Crippen LogP contribution in [0.4, 0.5) is 5.82 Å². The summed E-state index contributed by atoms with van der Waals surface area (Å²) in [6.07, 6.45) is 12.8. The zero-order valence-electron chi connectivity index (χ0n) is 15.2. The van der Waals surface area contributed by atoms with Crippen LogP contribution in [0.3, 0.4) is 0 Å². The van der Waals surface area contributed by atoms with Crippen LogP contribution in [-0.4, -0.2) is 27.1 Å². The van der Waals surface area contributed by atoms with Crippen LogP contribution in [0, 0.1) is 12.3 Å². The fourth-order valence-corrected chi connectivity index (χ4v) is 3.66. The first-order chi connectivity index (χ1) is 13.1. The molecule has 1 aromatic heterocycles. The lowest BCUT2D eigenvalue weighted by Crippen LogP contribution is -2.42. The number of phenolic OH excluding ortho intramolecular Hbond substituents is 2. The second-order valence-corrected chi connectivity index (χ2v) is 6.92. The predicted octanol–water partition coefficient (Wildman–Crippen LogP) is 3.97. The summed E-state index contributed by atoms with van der Waals surface area (Å²) in [5.74, 6) is 2.28. The predicted molar refractivity (Wildman–Crippen MR) is 105 cm³/mol. The van der Waals surface area contributed by atoms with Gasteiger partial charge in [-0.1, -0.05) is 37.3 Å². The van der Waals surface area contributed by atoms with E-state index in [0.717, 1.165) is 25.7 Å². The van der Waals surface area contributed by atoms with E-state index in [1.165, 1.54) is 18.6 Å². The molecule has 1 aliphatic carbocycles. The summed E-state index contributed by atoms with van der Waals surface area (Å²) < 4.78 is 0. The average molecular weight is 364 g/mol. The largest absolute Gasteiger partial charge is 0.504 e. The van der Waals surface area contributed by atoms with Crippen LogP contribution in [-0.2, 0) is 4.79 Å². The van der Waals surface area contributed by atoms with Crippen molar-refractivity contribution in [3.8, 4) is 23.8 Å². The van der Waals surface area contributed by atoms with E-state index >= 15 is 0 Å². The smallest absolute Gasteiger partial charge is 0.229 e. The molecule has 1 saturated carbocycles. The Kier molecular flexibility index (Phi) is 5.97. The van der Waals surface area contributed by atoms with E-state index in [4.69, 9.17) is 6.42 Å². The molecule has 1 amide bonds. The van der Waals surface area contributed by atoms with Gasteiger partial charge in [0.1, 0.15) is 5.82 Å². The standard InChI is InChI=1S/C22H24N2O3/c1-2-16(17-11-12-19(25)20(26)14-17)15-22(27)24(18-8-4-3-5-9-18)21-10-6-7-13-23-21/h1,6-7,10-14,16,18,25-26H,3-5,8-9,15H2. The first-order valence-corrected chi connectivity index (χ1v) is 9.31. The molecule has 5 heteroatoms. The van der Waals surface area contributed by atoms with Crippen molar-refractivity contribution in [2.45, 2.75) is 50.5 Å². The van der Waals surface area contributed by atoms with Gasteiger partial charge in [-0.3, -0.25) is 9.69 Å². The molecule has 1 atom stereocenters. The lowest BCUT2D eigenvalue weighted by atomic mass is 9.92. The number of aromatic nitrogens is 1. The topological polar surface area (TPSA) is 73.7 Å². The maximum atomic E-state index is 13.2. The van der Waals surface area contributed by atoms with Gasteiger partial charge in [0.15, 0.2) is 11.5 Å². The second kappa shape index (κ2) is 8.59. The van der Waals surface area contributed by atoms with Gasteiger partial charge in [-0.15, -0.1) is 6.42 Å². The Morgan fingerprint density at radius 1 is 1.19 bits per heavy atom. The second-order valence-electron chi connectivity index (χ2n) is 6.92. The Bertz CT molecular complexity index is 823. The average Bonchev–Trinajstić information content (AvgIpc) is 2.70. The third-order valence-electron chi connectivity index (χ3n) is 5.09. The first-order valence-electron chi connectivity index (χ1n) is 9.31. The molecule has 5 nitrogen and oxygen atoms in total. The minimum Gasteiger partial charge on any atom is -0.504 e. The third kappa shape index (κ3) is 4.40. The summed E-state index contributed by atoms with van der Waals surface area (Å²) in [5.41, 5.74) is 0.630. The number of pyridine rings is 1. The van der Waals surface area contributed by atoms with Crippen LogP contribution in [0.25, 0.3) is 0 Å². The lowest BCUT2D eigenvalue weighted by molar-refractivity contribution is -0.119. The van der Waals surface area contributed by atoms with Gasteiger partial charge in [-0.2, -0.15) is 0 Å². The molecule has 0 spiro atoms. The number of aromatic hydroxyl groups is 2. The molecule has 27 heavy (non-hydrogen) atoms. The number of nitrogens with zero attached hydrogens (tertiary/aromatic N) is 2. The van der Waals surface area contributed by atoms with Crippen molar-refractivity contribution in [3.63, 3.8) is 0 Å². The molecule has 3 rings (SSSR count). The number of anilines is 1. The first kappa shape index (κ1) is 18.8. The number of hydrogen-bond acceptors (Lipinski definition) is 4. The van der Waals surface area contributed by atoms with E-state index in [1.54, 1.807) is 17.2 Å². The zero-order chi connectivity index (χ0) is 19.2. The summed E-state index contributed by atoms with van der Waals surface area (Å²) in [6.45, 7) is 0. The van der Waals surface area contributed by atoms with Crippen LogP contribution in [0.1, 0.15) is 50.0 Å². The van der Waals surface area contributed by atoms with Crippen molar-refractivity contribution in [1.29, 1.82) is 0 Å². The molecule has 1 aliphatic rings. The summed E-state index contributed by atoms with van der Waals surface area (Å²) in [6, 6.07) is 10.1. The van der Waals surface area contributed by atoms with Crippen LogP contribution in [0.5, 0.6) is 11.5 Å². The zero-order valence-corrected chi connectivity index (χ0v) is 15.2. The SMILES string of the molecule is C#CC(CC(=O)N(c1ccccn1)C1CCCCC1)c1ccc(O)c(O)c1. The number of benzene rings is 1. The highest BCUT2D eigenvalue weighted by Crippen LogP contribution is 2.32. The molecule has 0 bridgehead atoms. The fourth-order valence-electron chi connectivity index (χ4n) is 3.66. The number of terminal acetylenes is 1. The molecule has 0 radical (unpaired) electrons. The van der Waals surface area contributed by atoms with Crippen molar-refractivity contribution >= 4 is 11.7 Å². The highest BCUT2D eigenvalue weighted by Gasteiger charge is 2.29. The Morgan fingerprint density at radius 2 is 1.96 bits per heavy atom.